The van der Waals surface area contributed by atoms with Crippen molar-refractivity contribution in [1.82, 2.24) is 0 Å². The number of nitriles is 1. The average molecular weight is 465 g/mol. The Bertz CT molecular complexity index is 1220. The summed E-state index contributed by atoms with van der Waals surface area (Å²) in [5.41, 5.74) is 2.69. The standard InChI is InChI=1S/C26H22ClFN2O3/c1-3-32-24-14-19(12-20(15-29)26(31)30-23-7-5-4-6-17(23)2)13-22(27)25(24)33-16-18-8-10-21(28)11-9-18/h4-14H,3,16H2,1-2H3,(H,30,31)/b20-12+. The second-order valence-electron chi connectivity index (χ2n) is 7.12. The second kappa shape index (κ2) is 11.2. The number of amides is 1. The first kappa shape index (κ1) is 23.8. The minimum Gasteiger partial charge on any atom is -0.490 e. The van der Waals surface area contributed by atoms with Crippen molar-refractivity contribution in [2.75, 3.05) is 11.9 Å². The lowest BCUT2D eigenvalue weighted by Gasteiger charge is -2.15. The molecule has 0 radical (unpaired) electrons. The smallest absolute Gasteiger partial charge is 0.266 e. The molecule has 0 saturated heterocycles. The van der Waals surface area contributed by atoms with Gasteiger partial charge in [-0.25, -0.2) is 4.39 Å². The van der Waals surface area contributed by atoms with Crippen LogP contribution in [0, 0.1) is 24.1 Å². The normalized spacial score (nSPS) is 10.9. The molecule has 0 aliphatic rings. The lowest BCUT2D eigenvalue weighted by atomic mass is 10.1. The number of ether oxygens (including phenoxy) is 2. The maximum atomic E-state index is 13.1. The Morgan fingerprint density at radius 1 is 1.15 bits per heavy atom. The molecular weight excluding hydrogens is 443 g/mol. The summed E-state index contributed by atoms with van der Waals surface area (Å²) in [4.78, 5) is 12.6. The van der Waals surface area contributed by atoms with Gasteiger partial charge in [0.15, 0.2) is 11.5 Å². The molecule has 3 aromatic rings. The summed E-state index contributed by atoms with van der Waals surface area (Å²) < 4.78 is 24.6. The number of benzene rings is 3. The van der Waals surface area contributed by atoms with E-state index in [1.54, 1.807) is 36.4 Å². The summed E-state index contributed by atoms with van der Waals surface area (Å²) in [7, 11) is 0. The molecule has 0 heterocycles. The molecule has 0 atom stereocenters. The SMILES string of the molecule is CCOc1cc(/C=C(\C#N)C(=O)Nc2ccccc2C)cc(Cl)c1OCc1ccc(F)cc1. The van der Waals surface area contributed by atoms with Crippen molar-refractivity contribution in [3.8, 4) is 17.6 Å². The van der Waals surface area contributed by atoms with Gasteiger partial charge in [0.1, 0.15) is 24.1 Å². The molecule has 0 saturated carbocycles. The second-order valence-corrected chi connectivity index (χ2v) is 7.52. The van der Waals surface area contributed by atoms with Gasteiger partial charge >= 0.3 is 0 Å². The maximum Gasteiger partial charge on any atom is 0.266 e. The van der Waals surface area contributed by atoms with Gasteiger partial charge in [-0.2, -0.15) is 5.26 Å². The highest BCUT2D eigenvalue weighted by molar-refractivity contribution is 6.32. The highest BCUT2D eigenvalue weighted by Crippen LogP contribution is 2.38. The number of anilines is 1. The Kier molecular flexibility index (Phi) is 8.06. The van der Waals surface area contributed by atoms with E-state index in [4.69, 9.17) is 21.1 Å². The van der Waals surface area contributed by atoms with E-state index in [1.807, 2.05) is 32.0 Å². The number of carbonyl (C=O) groups excluding carboxylic acids is 1. The number of hydrogen-bond acceptors (Lipinski definition) is 4. The molecule has 3 rings (SSSR count). The third-order valence-electron chi connectivity index (χ3n) is 4.70. The van der Waals surface area contributed by atoms with Crippen LogP contribution in [0.25, 0.3) is 6.08 Å². The molecule has 0 aliphatic carbocycles. The van der Waals surface area contributed by atoms with Gasteiger partial charge in [-0.3, -0.25) is 4.79 Å². The van der Waals surface area contributed by atoms with E-state index in [0.717, 1.165) is 11.1 Å². The van der Waals surface area contributed by atoms with Gasteiger partial charge in [0.05, 0.1) is 11.6 Å². The van der Waals surface area contributed by atoms with Crippen LogP contribution in [0.15, 0.2) is 66.2 Å². The van der Waals surface area contributed by atoms with Crippen molar-refractivity contribution in [2.45, 2.75) is 20.5 Å². The van der Waals surface area contributed by atoms with Crippen molar-refractivity contribution in [2.24, 2.45) is 0 Å². The summed E-state index contributed by atoms with van der Waals surface area (Å²) in [5.74, 6) is -0.168. The molecule has 33 heavy (non-hydrogen) atoms. The zero-order valence-electron chi connectivity index (χ0n) is 18.2. The Morgan fingerprint density at radius 2 is 1.88 bits per heavy atom. The Labute approximate surface area is 197 Å². The predicted molar refractivity (Wildman–Crippen MR) is 127 cm³/mol. The third-order valence-corrected chi connectivity index (χ3v) is 4.98. The molecule has 168 valence electrons. The molecule has 0 unspecified atom stereocenters. The van der Waals surface area contributed by atoms with Gasteiger partial charge in [-0.05, 0) is 66.9 Å². The third kappa shape index (κ3) is 6.34. The fraction of sp³-hybridized carbons (Fsp3) is 0.154. The van der Waals surface area contributed by atoms with E-state index in [9.17, 15) is 14.4 Å². The number of nitrogens with zero attached hydrogens (tertiary/aromatic N) is 1. The predicted octanol–water partition coefficient (Wildman–Crippen LogP) is 6.31. The van der Waals surface area contributed by atoms with Crippen molar-refractivity contribution in [1.29, 1.82) is 5.26 Å². The van der Waals surface area contributed by atoms with Crippen molar-refractivity contribution in [3.63, 3.8) is 0 Å². The van der Waals surface area contributed by atoms with E-state index >= 15 is 0 Å². The Hall–Kier alpha value is -3.82. The number of hydrogen-bond donors (Lipinski definition) is 1. The summed E-state index contributed by atoms with van der Waals surface area (Å²) >= 11 is 6.44. The fourth-order valence-electron chi connectivity index (χ4n) is 3.03. The quantitative estimate of drug-likeness (QED) is 0.313. The Balaban J connectivity index is 1.85. The Morgan fingerprint density at radius 3 is 2.55 bits per heavy atom. The lowest BCUT2D eigenvalue weighted by Crippen LogP contribution is -2.14. The molecule has 0 fully saturated rings. The van der Waals surface area contributed by atoms with E-state index in [0.29, 0.717) is 29.4 Å². The fourth-order valence-corrected chi connectivity index (χ4v) is 3.30. The van der Waals surface area contributed by atoms with Gasteiger partial charge in [-0.1, -0.05) is 41.9 Å². The molecular formula is C26H22ClFN2O3. The van der Waals surface area contributed by atoms with E-state index < -0.39 is 5.91 Å². The molecule has 3 aromatic carbocycles. The highest BCUT2D eigenvalue weighted by atomic mass is 35.5. The molecule has 0 bridgehead atoms. The first-order valence-corrected chi connectivity index (χ1v) is 10.6. The summed E-state index contributed by atoms with van der Waals surface area (Å²) in [6.07, 6.45) is 1.44. The van der Waals surface area contributed by atoms with Crippen LogP contribution in [0.2, 0.25) is 5.02 Å². The van der Waals surface area contributed by atoms with E-state index in [-0.39, 0.29) is 23.0 Å². The average Bonchev–Trinajstić information content (AvgIpc) is 2.79. The van der Waals surface area contributed by atoms with Crippen LogP contribution in [0.5, 0.6) is 11.5 Å². The molecule has 5 nitrogen and oxygen atoms in total. The molecule has 7 heteroatoms. The highest BCUT2D eigenvalue weighted by Gasteiger charge is 2.15. The zero-order valence-corrected chi connectivity index (χ0v) is 18.9. The van der Waals surface area contributed by atoms with Crippen molar-refractivity contribution >= 4 is 29.3 Å². The van der Waals surface area contributed by atoms with Crippen LogP contribution in [0.3, 0.4) is 0 Å². The van der Waals surface area contributed by atoms with Crippen LogP contribution in [-0.4, -0.2) is 12.5 Å². The summed E-state index contributed by atoms with van der Waals surface area (Å²) in [6, 6.07) is 18.4. The largest absolute Gasteiger partial charge is 0.490 e. The minimum atomic E-state index is -0.530. The summed E-state index contributed by atoms with van der Waals surface area (Å²) in [5, 5.41) is 12.5. The number of halogens is 2. The number of rotatable bonds is 8. The van der Waals surface area contributed by atoms with Crippen molar-refractivity contribution < 1.29 is 18.7 Å². The van der Waals surface area contributed by atoms with Crippen LogP contribution in [0.4, 0.5) is 10.1 Å². The van der Waals surface area contributed by atoms with Gasteiger partial charge in [0.25, 0.3) is 5.91 Å². The first-order chi connectivity index (χ1) is 15.9. The molecule has 1 amide bonds. The molecule has 1 N–H and O–H groups in total. The van der Waals surface area contributed by atoms with Crippen LogP contribution in [0.1, 0.15) is 23.6 Å². The number of carbonyl (C=O) groups is 1. The van der Waals surface area contributed by atoms with Crippen LogP contribution < -0.4 is 14.8 Å². The number of aryl methyl sites for hydroxylation is 1. The van der Waals surface area contributed by atoms with Gasteiger partial charge in [0, 0.05) is 5.69 Å². The monoisotopic (exact) mass is 464 g/mol. The zero-order chi connectivity index (χ0) is 23.8. The van der Waals surface area contributed by atoms with Crippen LogP contribution >= 0.6 is 11.6 Å². The number of para-hydroxylation sites is 1. The van der Waals surface area contributed by atoms with E-state index in [2.05, 4.69) is 5.32 Å². The first-order valence-electron chi connectivity index (χ1n) is 10.2. The molecule has 0 spiro atoms. The summed E-state index contributed by atoms with van der Waals surface area (Å²) in [6.45, 7) is 4.20. The molecule has 0 aliphatic heterocycles. The van der Waals surface area contributed by atoms with E-state index in [1.165, 1.54) is 18.2 Å². The van der Waals surface area contributed by atoms with Gasteiger partial charge in [0.2, 0.25) is 0 Å². The topological polar surface area (TPSA) is 71.3 Å². The van der Waals surface area contributed by atoms with Crippen LogP contribution in [-0.2, 0) is 11.4 Å². The maximum absolute atomic E-state index is 13.1. The minimum absolute atomic E-state index is 0.0863. The van der Waals surface area contributed by atoms with Crippen molar-refractivity contribution in [3.05, 3.63) is 93.8 Å². The van der Waals surface area contributed by atoms with Gasteiger partial charge in [-0.15, -0.1) is 0 Å². The number of nitrogens with one attached hydrogen (secondary N) is 1. The molecule has 0 aromatic heterocycles. The lowest BCUT2D eigenvalue weighted by molar-refractivity contribution is -0.112. The van der Waals surface area contributed by atoms with Gasteiger partial charge < -0.3 is 14.8 Å².